The lowest BCUT2D eigenvalue weighted by Crippen LogP contribution is -2.29. The van der Waals surface area contributed by atoms with Crippen LogP contribution in [0.15, 0.2) is 12.4 Å². The third kappa shape index (κ3) is 4.15. The first-order chi connectivity index (χ1) is 13.5. The Bertz CT molecular complexity index is 1000. The van der Waals surface area contributed by atoms with E-state index in [9.17, 15) is 13.2 Å². The van der Waals surface area contributed by atoms with Gasteiger partial charge in [-0.1, -0.05) is 0 Å². The predicted molar refractivity (Wildman–Crippen MR) is 101 cm³/mol. The van der Waals surface area contributed by atoms with E-state index in [0.717, 1.165) is 6.20 Å². The summed E-state index contributed by atoms with van der Waals surface area (Å²) in [6.07, 6.45) is -2.07. The van der Waals surface area contributed by atoms with Gasteiger partial charge in [0.15, 0.2) is 5.82 Å². The van der Waals surface area contributed by atoms with Gasteiger partial charge >= 0.3 is 6.18 Å². The van der Waals surface area contributed by atoms with Crippen LogP contribution in [0.3, 0.4) is 0 Å². The summed E-state index contributed by atoms with van der Waals surface area (Å²) in [5.74, 6) is 0.996. The summed E-state index contributed by atoms with van der Waals surface area (Å²) < 4.78 is 41.1. The van der Waals surface area contributed by atoms with Crippen LogP contribution in [0.1, 0.15) is 43.7 Å². The maximum atomic E-state index is 13.1. The molecule has 3 aromatic rings. The number of aromatic amines is 1. The number of hydrogen-bond acceptors (Lipinski definition) is 7. The molecule has 0 spiro atoms. The van der Waals surface area contributed by atoms with E-state index in [4.69, 9.17) is 0 Å². The molecular formula is C17H22F3N9. The molecule has 0 unspecified atom stereocenters. The summed E-state index contributed by atoms with van der Waals surface area (Å²) >= 11 is 0. The van der Waals surface area contributed by atoms with E-state index in [2.05, 4.69) is 40.9 Å². The second-order valence-corrected chi connectivity index (χ2v) is 6.99. The standard InChI is InChI=1S/C17H22F3N9/c1-6-21-13-11(17(18,19)20)7-22-15(25-13)24-12-8-29(28-9(12)2)16(4,5)14-23-10(3)26-27-14/h7-8H,6H2,1-5H3,(H,23,26,27)(H2,21,22,24,25). The average molecular weight is 409 g/mol. The fraction of sp³-hybridized carbons (Fsp3) is 0.471. The van der Waals surface area contributed by atoms with Crippen molar-refractivity contribution >= 4 is 17.5 Å². The number of hydrogen-bond donors (Lipinski definition) is 3. The van der Waals surface area contributed by atoms with Crippen LogP contribution < -0.4 is 10.6 Å². The number of anilines is 3. The molecule has 3 rings (SSSR count). The Morgan fingerprint density at radius 3 is 2.48 bits per heavy atom. The first-order valence-corrected chi connectivity index (χ1v) is 8.93. The smallest absolute Gasteiger partial charge is 0.370 e. The van der Waals surface area contributed by atoms with E-state index in [0.29, 0.717) is 29.6 Å². The quantitative estimate of drug-likeness (QED) is 0.572. The van der Waals surface area contributed by atoms with E-state index in [1.165, 1.54) is 0 Å². The maximum Gasteiger partial charge on any atom is 0.421 e. The number of H-pyrrole nitrogens is 1. The van der Waals surface area contributed by atoms with E-state index < -0.39 is 17.3 Å². The lowest BCUT2D eigenvalue weighted by Gasteiger charge is -2.21. The van der Waals surface area contributed by atoms with Gasteiger partial charge < -0.3 is 10.6 Å². The number of aromatic nitrogens is 7. The van der Waals surface area contributed by atoms with Crippen LogP contribution >= 0.6 is 0 Å². The minimum atomic E-state index is -4.55. The van der Waals surface area contributed by atoms with Crippen LogP contribution in [0.25, 0.3) is 0 Å². The monoisotopic (exact) mass is 409 g/mol. The second-order valence-electron chi connectivity index (χ2n) is 6.99. The van der Waals surface area contributed by atoms with Crippen molar-refractivity contribution in [3.63, 3.8) is 0 Å². The van der Waals surface area contributed by atoms with Crippen molar-refractivity contribution in [3.8, 4) is 0 Å². The van der Waals surface area contributed by atoms with Crippen molar-refractivity contribution in [1.82, 2.24) is 34.9 Å². The van der Waals surface area contributed by atoms with Crippen LogP contribution in [0.2, 0.25) is 0 Å². The van der Waals surface area contributed by atoms with Crippen LogP contribution in [0.5, 0.6) is 0 Å². The first kappa shape index (κ1) is 20.6. The van der Waals surface area contributed by atoms with Crippen molar-refractivity contribution in [1.29, 1.82) is 0 Å². The summed E-state index contributed by atoms with van der Waals surface area (Å²) in [5, 5.41) is 17.1. The van der Waals surface area contributed by atoms with Gasteiger partial charge in [0.05, 0.1) is 11.4 Å². The number of alkyl halides is 3. The predicted octanol–water partition coefficient (Wildman–Crippen LogP) is 3.39. The van der Waals surface area contributed by atoms with Crippen molar-refractivity contribution in [2.24, 2.45) is 0 Å². The fourth-order valence-electron chi connectivity index (χ4n) is 2.66. The molecule has 0 aliphatic heterocycles. The minimum Gasteiger partial charge on any atom is -0.370 e. The van der Waals surface area contributed by atoms with Crippen LogP contribution in [0, 0.1) is 13.8 Å². The fourth-order valence-corrected chi connectivity index (χ4v) is 2.66. The zero-order valence-electron chi connectivity index (χ0n) is 16.7. The largest absolute Gasteiger partial charge is 0.421 e. The van der Waals surface area contributed by atoms with Crippen molar-refractivity contribution in [2.45, 2.75) is 46.3 Å². The summed E-state index contributed by atoms with van der Waals surface area (Å²) in [5.41, 5.74) is -0.379. The highest BCUT2D eigenvalue weighted by atomic mass is 19.4. The van der Waals surface area contributed by atoms with Gasteiger partial charge in [0.1, 0.15) is 22.7 Å². The molecule has 3 aromatic heterocycles. The van der Waals surface area contributed by atoms with E-state index in [-0.39, 0.29) is 11.8 Å². The summed E-state index contributed by atoms with van der Waals surface area (Å²) in [7, 11) is 0. The van der Waals surface area contributed by atoms with E-state index >= 15 is 0 Å². The topological polar surface area (TPSA) is 109 Å². The molecular weight excluding hydrogens is 387 g/mol. The van der Waals surface area contributed by atoms with Crippen molar-refractivity contribution < 1.29 is 13.2 Å². The van der Waals surface area contributed by atoms with Gasteiger partial charge in [-0.25, -0.2) is 9.97 Å². The Hall–Kier alpha value is -3.18. The molecule has 0 aliphatic rings. The van der Waals surface area contributed by atoms with Crippen LogP contribution in [0.4, 0.5) is 30.6 Å². The molecule has 0 radical (unpaired) electrons. The lowest BCUT2D eigenvalue weighted by molar-refractivity contribution is -0.137. The molecule has 0 saturated carbocycles. The molecule has 29 heavy (non-hydrogen) atoms. The third-order valence-electron chi connectivity index (χ3n) is 4.30. The highest BCUT2D eigenvalue weighted by molar-refractivity contribution is 5.58. The molecule has 0 amide bonds. The molecule has 0 saturated heterocycles. The van der Waals surface area contributed by atoms with Gasteiger partial charge in [-0.2, -0.15) is 28.4 Å². The van der Waals surface area contributed by atoms with Gasteiger partial charge in [0, 0.05) is 18.9 Å². The Kier molecular flexibility index (Phi) is 5.20. The molecule has 0 aromatic carbocycles. The Morgan fingerprint density at radius 2 is 1.90 bits per heavy atom. The zero-order valence-corrected chi connectivity index (χ0v) is 16.7. The zero-order chi connectivity index (χ0) is 21.4. The molecule has 156 valence electrons. The maximum absolute atomic E-state index is 13.1. The van der Waals surface area contributed by atoms with Gasteiger partial charge in [-0.05, 0) is 34.6 Å². The molecule has 12 heteroatoms. The van der Waals surface area contributed by atoms with Crippen molar-refractivity contribution in [2.75, 3.05) is 17.2 Å². The number of rotatable bonds is 6. The Morgan fingerprint density at radius 1 is 1.17 bits per heavy atom. The number of nitrogens with zero attached hydrogens (tertiary/aromatic N) is 6. The molecule has 0 fully saturated rings. The summed E-state index contributed by atoms with van der Waals surface area (Å²) in [4.78, 5) is 12.1. The Balaban J connectivity index is 1.91. The number of halogens is 3. The first-order valence-electron chi connectivity index (χ1n) is 8.93. The normalized spacial score (nSPS) is 12.3. The average Bonchev–Trinajstić information content (AvgIpc) is 3.21. The molecule has 0 bridgehead atoms. The second kappa shape index (κ2) is 7.33. The van der Waals surface area contributed by atoms with E-state index in [1.54, 1.807) is 31.6 Å². The van der Waals surface area contributed by atoms with E-state index in [1.807, 2.05) is 13.8 Å². The number of aryl methyl sites for hydroxylation is 2. The van der Waals surface area contributed by atoms with Crippen LogP contribution in [-0.4, -0.2) is 41.5 Å². The van der Waals surface area contributed by atoms with Crippen molar-refractivity contribution in [3.05, 3.63) is 35.3 Å². The Labute approximate surface area is 165 Å². The summed E-state index contributed by atoms with van der Waals surface area (Å²) in [6, 6.07) is 0. The SMILES string of the molecule is CCNc1nc(Nc2cn(C(C)(C)c3n[nH]c(C)n3)nc2C)ncc1C(F)(F)F. The van der Waals surface area contributed by atoms with Gasteiger partial charge in [-0.3, -0.25) is 9.78 Å². The van der Waals surface area contributed by atoms with Gasteiger partial charge in [-0.15, -0.1) is 0 Å². The molecule has 3 heterocycles. The van der Waals surface area contributed by atoms with Crippen LogP contribution in [-0.2, 0) is 11.7 Å². The highest BCUT2D eigenvalue weighted by Gasteiger charge is 2.35. The number of nitrogens with one attached hydrogen (secondary N) is 3. The minimum absolute atomic E-state index is 0.0307. The van der Waals surface area contributed by atoms with Gasteiger partial charge in [0.25, 0.3) is 0 Å². The third-order valence-corrected chi connectivity index (χ3v) is 4.30. The molecule has 9 nitrogen and oxygen atoms in total. The van der Waals surface area contributed by atoms with Gasteiger partial charge in [0.2, 0.25) is 5.95 Å². The lowest BCUT2D eigenvalue weighted by atomic mass is 10.1. The summed E-state index contributed by atoms with van der Waals surface area (Å²) in [6.45, 7) is 9.37. The molecule has 0 aliphatic carbocycles. The molecule has 0 atom stereocenters. The highest BCUT2D eigenvalue weighted by Crippen LogP contribution is 2.34. The molecule has 3 N–H and O–H groups in total.